The van der Waals surface area contributed by atoms with Gasteiger partial charge in [-0.25, -0.2) is 0 Å². The fourth-order valence-corrected chi connectivity index (χ4v) is 2.49. The molecule has 0 aliphatic carbocycles. The molecular formula is C14H23ClN2. The number of hydrogen-bond acceptors (Lipinski definition) is 2. The average molecular weight is 255 g/mol. The molecule has 2 rings (SSSR count). The van der Waals surface area contributed by atoms with Gasteiger partial charge < -0.3 is 5.73 Å². The fourth-order valence-electron chi connectivity index (χ4n) is 2.49. The van der Waals surface area contributed by atoms with Crippen LogP contribution in [-0.4, -0.2) is 24.0 Å². The predicted octanol–water partition coefficient (Wildman–Crippen LogP) is 2.50. The molecule has 0 bridgehead atoms. The van der Waals surface area contributed by atoms with Crippen LogP contribution in [0.4, 0.5) is 0 Å². The van der Waals surface area contributed by atoms with E-state index in [1.807, 2.05) is 0 Å². The maximum Gasteiger partial charge on any atom is 0.0237 e. The van der Waals surface area contributed by atoms with Gasteiger partial charge >= 0.3 is 0 Å². The van der Waals surface area contributed by atoms with E-state index in [1.54, 1.807) is 0 Å². The number of benzene rings is 1. The summed E-state index contributed by atoms with van der Waals surface area (Å²) in [5, 5.41) is 0. The third kappa shape index (κ3) is 3.44. The summed E-state index contributed by atoms with van der Waals surface area (Å²) in [7, 11) is 0. The van der Waals surface area contributed by atoms with Crippen molar-refractivity contribution < 1.29 is 0 Å². The summed E-state index contributed by atoms with van der Waals surface area (Å²) in [5.74, 6) is 0.630. The monoisotopic (exact) mass is 254 g/mol. The van der Waals surface area contributed by atoms with Crippen molar-refractivity contribution in [3.8, 4) is 0 Å². The summed E-state index contributed by atoms with van der Waals surface area (Å²) >= 11 is 0. The van der Waals surface area contributed by atoms with Gasteiger partial charge in [0.2, 0.25) is 0 Å². The molecule has 3 heteroatoms. The Kier molecular flexibility index (Phi) is 4.99. The highest BCUT2D eigenvalue weighted by molar-refractivity contribution is 5.85. The summed E-state index contributed by atoms with van der Waals surface area (Å²) in [6, 6.07) is 7.06. The first-order chi connectivity index (χ1) is 7.56. The van der Waals surface area contributed by atoms with E-state index < -0.39 is 0 Å². The SMILES string of the molecule is Cc1ccc(CN2CC(C)C(N)C2)c(C)c1.Cl. The Morgan fingerprint density at radius 2 is 2.00 bits per heavy atom. The average Bonchev–Trinajstić information content (AvgIpc) is 2.51. The van der Waals surface area contributed by atoms with E-state index >= 15 is 0 Å². The molecule has 0 aromatic heterocycles. The van der Waals surface area contributed by atoms with Crippen LogP contribution in [0.2, 0.25) is 0 Å². The normalized spacial score (nSPS) is 24.7. The second-order valence-corrected chi connectivity index (χ2v) is 5.27. The van der Waals surface area contributed by atoms with Gasteiger partial charge in [-0.3, -0.25) is 4.90 Å². The number of rotatable bonds is 2. The van der Waals surface area contributed by atoms with Crippen LogP contribution in [0.3, 0.4) is 0 Å². The van der Waals surface area contributed by atoms with E-state index in [-0.39, 0.29) is 12.4 Å². The van der Waals surface area contributed by atoms with Gasteiger partial charge in [0.15, 0.2) is 0 Å². The van der Waals surface area contributed by atoms with Crippen LogP contribution in [0.15, 0.2) is 18.2 Å². The van der Waals surface area contributed by atoms with Crippen molar-refractivity contribution in [2.24, 2.45) is 11.7 Å². The van der Waals surface area contributed by atoms with E-state index in [0.29, 0.717) is 12.0 Å². The Morgan fingerprint density at radius 3 is 2.53 bits per heavy atom. The lowest BCUT2D eigenvalue weighted by molar-refractivity contribution is 0.318. The minimum Gasteiger partial charge on any atom is -0.326 e. The van der Waals surface area contributed by atoms with Crippen LogP contribution in [0.25, 0.3) is 0 Å². The highest BCUT2D eigenvalue weighted by Gasteiger charge is 2.26. The number of halogens is 1. The van der Waals surface area contributed by atoms with Crippen molar-refractivity contribution in [3.05, 3.63) is 34.9 Å². The molecule has 1 aliphatic rings. The van der Waals surface area contributed by atoms with Crippen molar-refractivity contribution in [1.82, 2.24) is 4.90 Å². The summed E-state index contributed by atoms with van der Waals surface area (Å²) < 4.78 is 0. The first-order valence-electron chi connectivity index (χ1n) is 6.10. The van der Waals surface area contributed by atoms with Gasteiger partial charge in [0.1, 0.15) is 0 Å². The minimum atomic E-state index is 0. The molecule has 0 amide bonds. The molecule has 2 unspecified atom stereocenters. The summed E-state index contributed by atoms with van der Waals surface area (Å²) in [5.41, 5.74) is 10.2. The zero-order chi connectivity index (χ0) is 11.7. The number of likely N-dealkylation sites (tertiary alicyclic amines) is 1. The molecule has 2 N–H and O–H groups in total. The van der Waals surface area contributed by atoms with Crippen LogP contribution in [0, 0.1) is 19.8 Å². The quantitative estimate of drug-likeness (QED) is 0.879. The van der Waals surface area contributed by atoms with Gasteiger partial charge in [-0.2, -0.15) is 0 Å². The molecule has 17 heavy (non-hydrogen) atoms. The van der Waals surface area contributed by atoms with Crippen molar-refractivity contribution in [3.63, 3.8) is 0 Å². The maximum atomic E-state index is 6.04. The standard InChI is InChI=1S/C14H22N2.ClH/c1-10-4-5-13(11(2)6-10)8-16-7-12(3)14(15)9-16;/h4-6,12,14H,7-9,15H2,1-3H3;1H. The summed E-state index contributed by atoms with van der Waals surface area (Å²) in [6.07, 6.45) is 0. The Morgan fingerprint density at radius 1 is 1.29 bits per heavy atom. The lowest BCUT2D eigenvalue weighted by atomic mass is 10.1. The van der Waals surface area contributed by atoms with E-state index in [0.717, 1.165) is 19.6 Å². The Balaban J connectivity index is 0.00000144. The summed E-state index contributed by atoms with van der Waals surface area (Å²) in [6.45, 7) is 9.80. The molecule has 0 radical (unpaired) electrons. The number of hydrogen-bond donors (Lipinski definition) is 1. The van der Waals surface area contributed by atoms with Gasteiger partial charge in [0.05, 0.1) is 0 Å². The van der Waals surface area contributed by atoms with E-state index in [2.05, 4.69) is 43.9 Å². The van der Waals surface area contributed by atoms with E-state index in [1.165, 1.54) is 16.7 Å². The van der Waals surface area contributed by atoms with Crippen LogP contribution in [-0.2, 0) is 6.54 Å². The molecule has 1 fully saturated rings. The van der Waals surface area contributed by atoms with Crippen molar-refractivity contribution in [2.75, 3.05) is 13.1 Å². The second kappa shape index (κ2) is 5.85. The van der Waals surface area contributed by atoms with Crippen molar-refractivity contribution in [2.45, 2.75) is 33.4 Å². The van der Waals surface area contributed by atoms with Gasteiger partial charge in [0, 0.05) is 25.7 Å². The third-order valence-electron chi connectivity index (χ3n) is 3.64. The molecule has 0 spiro atoms. The number of nitrogens with two attached hydrogens (primary N) is 1. The third-order valence-corrected chi connectivity index (χ3v) is 3.64. The highest BCUT2D eigenvalue weighted by atomic mass is 35.5. The molecule has 2 nitrogen and oxygen atoms in total. The Bertz CT molecular complexity index is 368. The van der Waals surface area contributed by atoms with E-state index in [4.69, 9.17) is 5.73 Å². The fraction of sp³-hybridized carbons (Fsp3) is 0.571. The van der Waals surface area contributed by atoms with Gasteiger partial charge in [-0.1, -0.05) is 30.7 Å². The second-order valence-electron chi connectivity index (χ2n) is 5.27. The topological polar surface area (TPSA) is 29.3 Å². The van der Waals surface area contributed by atoms with Crippen molar-refractivity contribution in [1.29, 1.82) is 0 Å². The number of nitrogens with zero attached hydrogens (tertiary/aromatic N) is 1. The number of aryl methyl sites for hydroxylation is 2. The zero-order valence-corrected chi connectivity index (χ0v) is 11.8. The lowest BCUT2D eigenvalue weighted by Gasteiger charge is -2.17. The molecule has 2 atom stereocenters. The first kappa shape index (κ1) is 14.5. The van der Waals surface area contributed by atoms with Gasteiger partial charge in [0.25, 0.3) is 0 Å². The summed E-state index contributed by atoms with van der Waals surface area (Å²) in [4.78, 5) is 2.47. The van der Waals surface area contributed by atoms with Gasteiger partial charge in [-0.05, 0) is 30.9 Å². The minimum absolute atomic E-state index is 0. The Labute approximate surface area is 111 Å². The molecule has 1 saturated heterocycles. The van der Waals surface area contributed by atoms with Crippen LogP contribution in [0.1, 0.15) is 23.6 Å². The smallest absolute Gasteiger partial charge is 0.0237 e. The molecule has 1 aromatic carbocycles. The molecule has 1 aromatic rings. The highest BCUT2D eigenvalue weighted by Crippen LogP contribution is 2.19. The van der Waals surface area contributed by atoms with Gasteiger partial charge in [-0.15, -0.1) is 12.4 Å². The molecular weight excluding hydrogens is 232 g/mol. The maximum absolute atomic E-state index is 6.04. The lowest BCUT2D eigenvalue weighted by Crippen LogP contribution is -2.28. The van der Waals surface area contributed by atoms with E-state index in [9.17, 15) is 0 Å². The van der Waals surface area contributed by atoms with Crippen LogP contribution < -0.4 is 5.73 Å². The van der Waals surface area contributed by atoms with Crippen molar-refractivity contribution >= 4 is 12.4 Å². The zero-order valence-electron chi connectivity index (χ0n) is 10.9. The first-order valence-corrected chi connectivity index (χ1v) is 6.10. The van der Waals surface area contributed by atoms with Crippen LogP contribution in [0.5, 0.6) is 0 Å². The largest absolute Gasteiger partial charge is 0.326 e. The van der Waals surface area contributed by atoms with Crippen LogP contribution >= 0.6 is 12.4 Å². The molecule has 0 saturated carbocycles. The Hall–Kier alpha value is -0.570. The molecule has 96 valence electrons. The predicted molar refractivity (Wildman–Crippen MR) is 75.6 cm³/mol. The molecule has 1 aliphatic heterocycles. The molecule has 1 heterocycles.